The van der Waals surface area contributed by atoms with Crippen LogP contribution >= 0.6 is 0 Å². The molecule has 60 heavy (non-hydrogen) atoms. The van der Waals surface area contributed by atoms with E-state index in [1.807, 2.05) is 0 Å². The molecule has 5 atom stereocenters. The van der Waals surface area contributed by atoms with Crippen LogP contribution in [0.4, 0.5) is 17.1 Å². The van der Waals surface area contributed by atoms with Crippen molar-refractivity contribution in [3.63, 3.8) is 0 Å². The van der Waals surface area contributed by atoms with Gasteiger partial charge in [0, 0.05) is 33.2 Å². The summed E-state index contributed by atoms with van der Waals surface area (Å²) in [7, 11) is 0. The van der Waals surface area contributed by atoms with Gasteiger partial charge in [-0.3, -0.25) is 0 Å². The minimum atomic E-state index is 0.343. The Kier molecular flexibility index (Phi) is 8.37. The summed E-state index contributed by atoms with van der Waals surface area (Å²) in [5, 5.41) is 5.08. The molecule has 4 saturated carbocycles. The van der Waals surface area contributed by atoms with Gasteiger partial charge in [0.2, 0.25) is 0 Å². The summed E-state index contributed by atoms with van der Waals surface area (Å²) in [5.41, 5.74) is 14.0. The lowest BCUT2D eigenvalue weighted by atomic mass is 9.67. The Labute approximate surface area is 353 Å². The molecule has 0 N–H and O–H groups in total. The van der Waals surface area contributed by atoms with E-state index in [1.165, 1.54) is 116 Å². The predicted octanol–water partition coefficient (Wildman–Crippen LogP) is 15.8. The summed E-state index contributed by atoms with van der Waals surface area (Å²) in [4.78, 5) is 2.47. The van der Waals surface area contributed by atoms with Gasteiger partial charge in [-0.2, -0.15) is 0 Å². The minimum absolute atomic E-state index is 0.343. The molecule has 0 aliphatic heterocycles. The summed E-state index contributed by atoms with van der Waals surface area (Å²) in [6.07, 6.45) is 8.51. The third-order valence-corrected chi connectivity index (χ3v) is 14.8. The minimum Gasteiger partial charge on any atom is -0.310 e. The van der Waals surface area contributed by atoms with Crippen molar-refractivity contribution in [2.45, 2.75) is 50.9 Å². The number of aromatic nitrogens is 1. The number of hydrogen-bond acceptors (Lipinski definition) is 1. The fourth-order valence-corrected chi connectivity index (χ4v) is 12.4. The Balaban J connectivity index is 0.862. The van der Waals surface area contributed by atoms with Gasteiger partial charge in [0.1, 0.15) is 0 Å². The number of rotatable bonds is 7. The smallest absolute Gasteiger partial charge is 0.0541 e. The molecule has 4 aliphatic rings. The number of benzene rings is 8. The maximum Gasteiger partial charge on any atom is 0.0541 e. The lowest BCUT2D eigenvalue weighted by Gasteiger charge is -2.38. The molecule has 3 unspecified atom stereocenters. The molecule has 4 bridgehead atoms. The van der Waals surface area contributed by atoms with E-state index in [4.69, 9.17) is 0 Å². The van der Waals surface area contributed by atoms with E-state index in [9.17, 15) is 0 Å². The fraction of sp³-hybridized carbons (Fsp3) is 0.207. The van der Waals surface area contributed by atoms with Gasteiger partial charge in [-0.1, -0.05) is 140 Å². The van der Waals surface area contributed by atoms with Gasteiger partial charge in [0.25, 0.3) is 0 Å². The van der Waals surface area contributed by atoms with Crippen LogP contribution in [0.3, 0.4) is 0 Å². The molecule has 0 spiro atoms. The number of anilines is 3. The highest BCUT2D eigenvalue weighted by molar-refractivity contribution is 6.09. The van der Waals surface area contributed by atoms with Gasteiger partial charge >= 0.3 is 0 Å². The molecule has 4 aliphatic carbocycles. The van der Waals surface area contributed by atoms with E-state index in [2.05, 4.69) is 204 Å². The number of fused-ring (bicyclic) bond motifs is 6. The van der Waals surface area contributed by atoms with Crippen LogP contribution in [-0.4, -0.2) is 4.57 Å². The topological polar surface area (TPSA) is 8.17 Å². The zero-order valence-electron chi connectivity index (χ0n) is 34.3. The van der Waals surface area contributed by atoms with Crippen molar-refractivity contribution in [1.29, 1.82) is 0 Å². The normalized spacial score (nSPS) is 22.1. The van der Waals surface area contributed by atoms with Crippen LogP contribution in [0.2, 0.25) is 0 Å². The molecule has 292 valence electrons. The van der Waals surface area contributed by atoms with Crippen LogP contribution in [0.15, 0.2) is 188 Å². The number of para-hydroxylation sites is 2. The molecular weight excluding hydrogens is 725 g/mol. The molecule has 13 rings (SSSR count). The third kappa shape index (κ3) is 5.91. The molecule has 8 aromatic carbocycles. The monoisotopic (exact) mass is 774 g/mol. The summed E-state index contributed by atoms with van der Waals surface area (Å²) in [6, 6.07) is 70.0. The van der Waals surface area contributed by atoms with Gasteiger partial charge in [-0.15, -0.1) is 0 Å². The van der Waals surface area contributed by atoms with E-state index in [1.54, 1.807) is 5.56 Å². The third-order valence-electron chi connectivity index (χ3n) is 14.8. The Hall–Kier alpha value is -6.38. The van der Waals surface area contributed by atoms with Crippen molar-refractivity contribution < 1.29 is 0 Å². The van der Waals surface area contributed by atoms with Crippen LogP contribution in [0.1, 0.15) is 51.0 Å². The van der Waals surface area contributed by atoms with Crippen LogP contribution in [0.5, 0.6) is 0 Å². The molecule has 1 heterocycles. The molecule has 0 radical (unpaired) electrons. The van der Waals surface area contributed by atoms with Gasteiger partial charge in [-0.25, -0.2) is 0 Å². The van der Waals surface area contributed by atoms with Crippen molar-refractivity contribution >= 4 is 49.6 Å². The lowest BCUT2D eigenvalue weighted by Crippen LogP contribution is -2.29. The highest BCUT2D eigenvalue weighted by Crippen LogP contribution is 2.61. The first-order valence-electron chi connectivity index (χ1n) is 22.2. The second-order valence-electron chi connectivity index (χ2n) is 18.5. The first-order chi connectivity index (χ1) is 29.6. The molecule has 1 aromatic heterocycles. The van der Waals surface area contributed by atoms with Gasteiger partial charge in [-0.05, 0) is 155 Å². The largest absolute Gasteiger partial charge is 0.310 e. The van der Waals surface area contributed by atoms with Crippen molar-refractivity contribution in [3.8, 4) is 27.9 Å². The predicted molar refractivity (Wildman–Crippen MR) is 253 cm³/mol. The van der Waals surface area contributed by atoms with E-state index in [0.29, 0.717) is 5.41 Å². The average Bonchev–Trinajstić information content (AvgIpc) is 3.96. The zero-order chi connectivity index (χ0) is 39.8. The number of hydrogen-bond donors (Lipinski definition) is 0. The van der Waals surface area contributed by atoms with Crippen LogP contribution < -0.4 is 4.90 Å². The molecule has 4 fully saturated rings. The summed E-state index contributed by atoms with van der Waals surface area (Å²) >= 11 is 0. The van der Waals surface area contributed by atoms with Gasteiger partial charge < -0.3 is 9.47 Å². The Morgan fingerprint density at radius 1 is 0.467 bits per heavy atom. The van der Waals surface area contributed by atoms with Crippen LogP contribution in [0, 0.1) is 23.7 Å². The standard InChI is InChI=1S/C58H50N2/c1-39-32-40-33-46-37-58(36-39,38-47(46)34-40)48-26-30-50(31-27-48)59(55-19-9-11-44-10-2-3-14-52(44)55)49-28-24-42(25-29-49)41-20-22-43(23-21-41)45-12-8-13-51(35-45)60-56-17-6-4-15-53(56)54-16-5-7-18-57(54)60/h2-31,35,39-40,46-47H,32-34,36-38H2,1H3/t39-,40?,46-,47?,58?/m0/s1. The number of nitrogens with zero attached hydrogens (tertiary/aromatic N) is 2. The van der Waals surface area contributed by atoms with E-state index < -0.39 is 0 Å². The molecule has 9 aromatic rings. The van der Waals surface area contributed by atoms with Crippen molar-refractivity contribution in [2.75, 3.05) is 4.90 Å². The SMILES string of the molecule is C[C@H]1CC2CC3CC(c4ccc(N(c5ccc(-c6ccc(-c7cccc(-n8c9ccccc9c9ccccc98)c7)cc6)cc5)c5cccc6ccccc56)cc4)(C1)C[C@@H]3C2. The molecule has 2 heteroatoms. The van der Waals surface area contributed by atoms with Gasteiger partial charge in [0.15, 0.2) is 0 Å². The Morgan fingerprint density at radius 2 is 1.00 bits per heavy atom. The fourth-order valence-electron chi connectivity index (χ4n) is 12.4. The molecule has 0 amide bonds. The molecular formula is C58H50N2. The highest BCUT2D eigenvalue weighted by atomic mass is 15.1. The molecule has 2 nitrogen and oxygen atoms in total. The second kappa shape index (κ2) is 14.1. The van der Waals surface area contributed by atoms with Crippen LogP contribution in [0.25, 0.3) is 60.5 Å². The average molecular weight is 775 g/mol. The van der Waals surface area contributed by atoms with Crippen molar-refractivity contribution in [3.05, 3.63) is 194 Å². The van der Waals surface area contributed by atoms with Crippen molar-refractivity contribution in [2.24, 2.45) is 23.7 Å². The van der Waals surface area contributed by atoms with Crippen molar-refractivity contribution in [1.82, 2.24) is 4.57 Å². The first-order valence-corrected chi connectivity index (χ1v) is 22.2. The van der Waals surface area contributed by atoms with E-state index in [-0.39, 0.29) is 0 Å². The first kappa shape index (κ1) is 35.6. The van der Waals surface area contributed by atoms with E-state index >= 15 is 0 Å². The zero-order valence-corrected chi connectivity index (χ0v) is 34.3. The summed E-state index contributed by atoms with van der Waals surface area (Å²) < 4.78 is 2.39. The Bertz CT molecular complexity index is 2940. The lowest BCUT2D eigenvalue weighted by molar-refractivity contribution is 0.229. The molecule has 0 saturated heterocycles. The summed E-state index contributed by atoms with van der Waals surface area (Å²) in [5.74, 6) is 3.66. The van der Waals surface area contributed by atoms with E-state index in [0.717, 1.165) is 23.7 Å². The quantitative estimate of drug-likeness (QED) is 0.157. The maximum atomic E-state index is 2.52. The Morgan fingerprint density at radius 3 is 1.67 bits per heavy atom. The van der Waals surface area contributed by atoms with Gasteiger partial charge in [0.05, 0.1) is 16.7 Å². The summed E-state index contributed by atoms with van der Waals surface area (Å²) in [6.45, 7) is 2.52. The second-order valence-corrected chi connectivity index (χ2v) is 18.5. The maximum absolute atomic E-state index is 2.52. The highest BCUT2D eigenvalue weighted by Gasteiger charge is 2.52. The van der Waals surface area contributed by atoms with Crippen LogP contribution in [-0.2, 0) is 5.41 Å².